The van der Waals surface area contributed by atoms with Crippen LogP contribution in [-0.2, 0) is 27.7 Å². The molecule has 178 valence electrons. The van der Waals surface area contributed by atoms with Crippen LogP contribution in [0.1, 0.15) is 62.6 Å². The molecule has 0 aliphatic heterocycles. The van der Waals surface area contributed by atoms with E-state index in [0.29, 0.717) is 5.92 Å². The van der Waals surface area contributed by atoms with Crippen molar-refractivity contribution in [1.29, 1.82) is 0 Å². The smallest absolute Gasteiger partial charge is 1.00 e. The Balaban J connectivity index is 0.00000144. The van der Waals surface area contributed by atoms with Crippen LogP contribution in [0, 0.1) is 5.92 Å². The average molecular weight is 579 g/mol. The van der Waals surface area contributed by atoms with E-state index < -0.39 is 21.3 Å². The molecule has 0 saturated heterocycles. The third-order valence-corrected chi connectivity index (χ3v) is 16.8. The number of fused-ring (bicyclic) bond motifs is 3. The molecule has 1 fully saturated rings. The first-order valence-electron chi connectivity index (χ1n) is 12.6. The molecule has 3 aliphatic carbocycles. The fraction of sp³-hybridized carbons (Fsp3) is 0.281. The van der Waals surface area contributed by atoms with Crippen molar-refractivity contribution in [2.45, 2.75) is 52.4 Å². The van der Waals surface area contributed by atoms with Crippen molar-refractivity contribution < 1.29 is 46.1 Å². The van der Waals surface area contributed by atoms with Gasteiger partial charge in [0.1, 0.15) is 0 Å². The Labute approximate surface area is 230 Å². The van der Waals surface area contributed by atoms with E-state index in [9.17, 15) is 0 Å². The van der Waals surface area contributed by atoms with Crippen LogP contribution in [-0.4, -0.2) is 3.21 Å². The largest absolute Gasteiger partial charge is 1.00 e. The van der Waals surface area contributed by atoms with Crippen molar-refractivity contribution in [3.63, 3.8) is 0 Å². The van der Waals surface area contributed by atoms with E-state index in [1.165, 1.54) is 59.9 Å². The minimum absolute atomic E-state index is 0. The van der Waals surface area contributed by atoms with Crippen LogP contribution in [0.25, 0.3) is 16.7 Å². The summed E-state index contributed by atoms with van der Waals surface area (Å²) in [4.78, 5) is 0. The van der Waals surface area contributed by atoms with Gasteiger partial charge in [-0.05, 0) is 0 Å². The predicted molar refractivity (Wildman–Crippen MR) is 139 cm³/mol. The van der Waals surface area contributed by atoms with Crippen molar-refractivity contribution in [2.24, 2.45) is 5.92 Å². The molecule has 1 unspecified atom stereocenters. The first kappa shape index (κ1) is 26.5. The van der Waals surface area contributed by atoms with Crippen LogP contribution in [0.5, 0.6) is 0 Å². The van der Waals surface area contributed by atoms with Crippen LogP contribution in [0.4, 0.5) is 0 Å². The molecule has 0 heterocycles. The van der Waals surface area contributed by atoms with Crippen LogP contribution in [0.15, 0.2) is 87.7 Å². The monoisotopic (exact) mass is 576 g/mol. The minimum atomic E-state index is -2.22. The summed E-state index contributed by atoms with van der Waals surface area (Å²) < 4.78 is 5.58. The zero-order valence-electron chi connectivity index (χ0n) is 20.6. The molecule has 0 aromatic heterocycles. The van der Waals surface area contributed by atoms with Crippen molar-refractivity contribution in [1.82, 2.24) is 0 Å². The number of hydrogen-bond donors (Lipinski definition) is 0. The average Bonchev–Trinajstić information content (AvgIpc) is 3.39. The summed E-state index contributed by atoms with van der Waals surface area (Å²) in [5, 5.41) is 0. The topological polar surface area (TPSA) is 0 Å². The van der Waals surface area contributed by atoms with Crippen LogP contribution < -0.4 is 28.1 Å². The van der Waals surface area contributed by atoms with E-state index >= 15 is 0 Å². The summed E-state index contributed by atoms with van der Waals surface area (Å²) in [5.41, 5.74) is 10.6. The Morgan fingerprint density at radius 1 is 0.743 bits per heavy atom. The molecule has 3 aromatic carbocycles. The van der Waals surface area contributed by atoms with E-state index in [0.717, 1.165) is 6.42 Å². The molecule has 1 atom stereocenters. The van der Waals surface area contributed by atoms with Crippen molar-refractivity contribution in [2.75, 3.05) is 0 Å². The second kappa shape index (κ2) is 11.2. The maximum Gasteiger partial charge on any atom is -1.00 e. The van der Waals surface area contributed by atoms with E-state index in [-0.39, 0.29) is 24.8 Å². The zero-order valence-corrected chi connectivity index (χ0v) is 24.6. The van der Waals surface area contributed by atoms with Gasteiger partial charge >= 0.3 is 207 Å². The fourth-order valence-corrected chi connectivity index (χ4v) is 15.6. The van der Waals surface area contributed by atoms with Crippen molar-refractivity contribution in [3.8, 4) is 11.1 Å². The molecule has 0 N–H and O–H groups in total. The molecule has 0 spiro atoms. The predicted octanol–water partition coefficient (Wildman–Crippen LogP) is 1.65. The standard InChI is InChI=1S/C13H9.C13H13.C6H10.2ClH.Zr/c1-3-7-12-10(5-1)9-11-6-2-4-8-13(11)12;1-10-8-11(2)13(9-10)12-6-4-3-5-7-12;1-2-4-6-5-3-1;;;/h1-5,7-8H,9H2;3-7,9-10H,1-2H3;1-5H2;2*1H;/q;;;;;+2/p-2. The minimum Gasteiger partial charge on any atom is -1.00 e. The van der Waals surface area contributed by atoms with Crippen molar-refractivity contribution in [3.05, 3.63) is 104 Å². The number of halogens is 2. The molecular weight excluding hydrogens is 546 g/mol. The van der Waals surface area contributed by atoms with Crippen LogP contribution >= 0.6 is 0 Å². The molecule has 0 nitrogen and oxygen atoms in total. The van der Waals surface area contributed by atoms with Gasteiger partial charge < -0.3 is 24.8 Å². The molecule has 3 aromatic rings. The van der Waals surface area contributed by atoms with E-state index in [1.54, 1.807) is 14.4 Å². The quantitative estimate of drug-likeness (QED) is 0.347. The Kier molecular flexibility index (Phi) is 8.53. The SMILES string of the molecule is CC1=[C]([Zr+2](=[C]2CCCCC2)[c]2cccc3c2Cc2ccccc2-3)C(C)C=C1c1ccccc1.[Cl-].[Cl-]. The van der Waals surface area contributed by atoms with E-state index in [1.807, 2.05) is 6.49 Å². The van der Waals surface area contributed by atoms with Gasteiger partial charge in [0.05, 0.1) is 0 Å². The second-order valence-electron chi connectivity index (χ2n) is 9.98. The van der Waals surface area contributed by atoms with Crippen molar-refractivity contribution >= 4 is 12.1 Å². The maximum absolute atomic E-state index is 2.57. The van der Waals surface area contributed by atoms with E-state index in [2.05, 4.69) is 92.7 Å². The summed E-state index contributed by atoms with van der Waals surface area (Å²) in [5.74, 6) is 0.559. The maximum atomic E-state index is 2.57. The Morgan fingerprint density at radius 3 is 2.20 bits per heavy atom. The summed E-state index contributed by atoms with van der Waals surface area (Å²) in [6.45, 7) is 4.90. The molecule has 3 aliphatic rings. The summed E-state index contributed by atoms with van der Waals surface area (Å²) >= 11 is -2.22. The molecule has 0 amide bonds. The summed E-state index contributed by atoms with van der Waals surface area (Å²) in [6, 6.07) is 27.4. The van der Waals surface area contributed by atoms with Gasteiger partial charge in [0.15, 0.2) is 0 Å². The zero-order chi connectivity index (χ0) is 22.4. The first-order valence-corrected chi connectivity index (χ1v) is 16.3. The Hall–Kier alpha value is -1.53. The fourth-order valence-electron chi connectivity index (χ4n) is 6.44. The first-order chi connectivity index (χ1) is 16.2. The van der Waals surface area contributed by atoms with Gasteiger partial charge in [0, 0.05) is 0 Å². The Morgan fingerprint density at radius 2 is 1.43 bits per heavy atom. The molecule has 0 bridgehead atoms. The molecular formula is C32H32Cl2Zr. The van der Waals surface area contributed by atoms with Crippen LogP contribution in [0.3, 0.4) is 0 Å². The number of hydrogen-bond acceptors (Lipinski definition) is 0. The number of benzene rings is 3. The van der Waals surface area contributed by atoms with Gasteiger partial charge in [0.25, 0.3) is 0 Å². The van der Waals surface area contributed by atoms with Gasteiger partial charge in [-0.3, -0.25) is 0 Å². The van der Waals surface area contributed by atoms with E-state index in [4.69, 9.17) is 0 Å². The number of rotatable bonds is 3. The van der Waals surface area contributed by atoms with Gasteiger partial charge in [-0.1, -0.05) is 0 Å². The van der Waals surface area contributed by atoms with Gasteiger partial charge in [0.2, 0.25) is 0 Å². The third kappa shape index (κ3) is 4.77. The van der Waals surface area contributed by atoms with Gasteiger partial charge in [-0.2, -0.15) is 0 Å². The third-order valence-electron chi connectivity index (χ3n) is 7.96. The molecule has 3 heteroatoms. The molecule has 0 radical (unpaired) electrons. The molecule has 35 heavy (non-hydrogen) atoms. The normalized spacial score (nSPS) is 18.0. The Bertz CT molecular complexity index is 1320. The summed E-state index contributed by atoms with van der Waals surface area (Å²) in [7, 11) is 0. The number of allylic oxidation sites excluding steroid dienone is 4. The second-order valence-corrected chi connectivity index (χ2v) is 16.2. The van der Waals surface area contributed by atoms with Gasteiger partial charge in [-0.15, -0.1) is 0 Å². The van der Waals surface area contributed by atoms with Gasteiger partial charge in [-0.25, -0.2) is 0 Å². The molecule has 1 saturated carbocycles. The summed E-state index contributed by atoms with van der Waals surface area (Å²) in [6.07, 6.45) is 10.6. The molecule has 6 rings (SSSR count). The van der Waals surface area contributed by atoms with Crippen LogP contribution in [0.2, 0.25) is 0 Å².